The minimum atomic E-state index is -0.178. The van der Waals surface area contributed by atoms with Gasteiger partial charge in [0.25, 0.3) is 0 Å². The second-order valence-electron chi connectivity index (χ2n) is 7.84. The summed E-state index contributed by atoms with van der Waals surface area (Å²) in [6.07, 6.45) is 5.87. The van der Waals surface area contributed by atoms with Gasteiger partial charge in [0.05, 0.1) is 12.5 Å². The molecule has 2 heterocycles. The van der Waals surface area contributed by atoms with Crippen molar-refractivity contribution < 1.29 is 14.4 Å². The Kier molecular flexibility index (Phi) is 6.51. The maximum Gasteiger partial charge on any atom is 0.234 e. The molecule has 2 saturated heterocycles. The summed E-state index contributed by atoms with van der Waals surface area (Å²) in [7, 11) is 0. The molecule has 1 saturated carbocycles. The fourth-order valence-corrected chi connectivity index (χ4v) is 4.37. The molecule has 26 heavy (non-hydrogen) atoms. The van der Waals surface area contributed by atoms with Crippen LogP contribution in [0, 0.1) is 5.92 Å². The number of carbonyl (C=O) groups is 3. The van der Waals surface area contributed by atoms with E-state index in [1.165, 1.54) is 12.8 Å². The van der Waals surface area contributed by atoms with E-state index in [1.807, 2.05) is 16.7 Å². The van der Waals surface area contributed by atoms with E-state index in [9.17, 15) is 14.4 Å². The first-order valence-electron chi connectivity index (χ1n) is 10.2. The number of nitrogens with one attached hydrogen (secondary N) is 1. The molecular weight excluding hydrogens is 332 g/mol. The molecule has 1 N–H and O–H groups in total. The van der Waals surface area contributed by atoms with E-state index in [0.29, 0.717) is 45.2 Å². The SMILES string of the molecule is CCCNC(=O)CN1CCN(C(=O)C2CC(=O)N(C3CCCC3)C2)CC1. The van der Waals surface area contributed by atoms with Crippen LogP contribution in [0.15, 0.2) is 0 Å². The van der Waals surface area contributed by atoms with E-state index in [4.69, 9.17) is 0 Å². The van der Waals surface area contributed by atoms with Gasteiger partial charge in [-0.15, -0.1) is 0 Å². The van der Waals surface area contributed by atoms with Crippen molar-refractivity contribution in [3.8, 4) is 0 Å². The van der Waals surface area contributed by atoms with Gasteiger partial charge in [-0.1, -0.05) is 19.8 Å². The summed E-state index contributed by atoms with van der Waals surface area (Å²) in [6.45, 7) is 6.48. The van der Waals surface area contributed by atoms with Crippen LogP contribution < -0.4 is 5.32 Å². The van der Waals surface area contributed by atoms with Crippen LogP contribution in [0.25, 0.3) is 0 Å². The molecule has 0 aromatic carbocycles. The van der Waals surface area contributed by atoms with Crippen molar-refractivity contribution in [2.45, 2.75) is 51.5 Å². The molecule has 1 atom stereocenters. The molecule has 2 aliphatic heterocycles. The van der Waals surface area contributed by atoms with Crippen molar-refractivity contribution in [2.75, 3.05) is 45.8 Å². The molecule has 0 radical (unpaired) electrons. The molecule has 3 rings (SSSR count). The Morgan fingerprint density at radius 3 is 2.46 bits per heavy atom. The Balaban J connectivity index is 1.43. The predicted molar refractivity (Wildman–Crippen MR) is 98.4 cm³/mol. The van der Waals surface area contributed by atoms with E-state index in [0.717, 1.165) is 32.4 Å². The second kappa shape index (κ2) is 8.84. The van der Waals surface area contributed by atoms with Gasteiger partial charge in [-0.2, -0.15) is 0 Å². The number of piperazine rings is 1. The van der Waals surface area contributed by atoms with Crippen molar-refractivity contribution in [1.82, 2.24) is 20.0 Å². The molecule has 3 fully saturated rings. The Bertz CT molecular complexity index is 525. The highest BCUT2D eigenvalue weighted by atomic mass is 16.2. The zero-order valence-corrected chi connectivity index (χ0v) is 15.9. The molecule has 0 aromatic heterocycles. The quantitative estimate of drug-likeness (QED) is 0.743. The van der Waals surface area contributed by atoms with Gasteiger partial charge in [0.15, 0.2) is 0 Å². The monoisotopic (exact) mass is 364 g/mol. The standard InChI is InChI=1S/C19H32N4O3/c1-2-7-20-17(24)14-21-8-10-22(11-9-21)19(26)15-12-18(25)23(13-15)16-5-3-4-6-16/h15-16H,2-14H2,1H3,(H,20,24). The molecule has 7 nitrogen and oxygen atoms in total. The maximum atomic E-state index is 12.8. The third-order valence-electron chi connectivity index (χ3n) is 5.90. The van der Waals surface area contributed by atoms with Crippen molar-refractivity contribution >= 4 is 17.7 Å². The van der Waals surface area contributed by atoms with Gasteiger partial charge in [-0.05, 0) is 19.3 Å². The molecule has 1 unspecified atom stereocenters. The summed E-state index contributed by atoms with van der Waals surface area (Å²) in [5.74, 6) is 0.151. The molecule has 1 aliphatic carbocycles. The first kappa shape index (κ1) is 19.1. The van der Waals surface area contributed by atoms with E-state index in [1.54, 1.807) is 0 Å². The maximum absolute atomic E-state index is 12.8. The molecule has 7 heteroatoms. The highest BCUT2D eigenvalue weighted by Crippen LogP contribution is 2.30. The van der Waals surface area contributed by atoms with Crippen molar-refractivity contribution in [1.29, 1.82) is 0 Å². The number of rotatable bonds is 6. The fourth-order valence-electron chi connectivity index (χ4n) is 4.37. The largest absolute Gasteiger partial charge is 0.355 e. The van der Waals surface area contributed by atoms with Crippen LogP contribution in [-0.4, -0.2) is 84.3 Å². The Morgan fingerprint density at radius 1 is 1.12 bits per heavy atom. The molecule has 146 valence electrons. The lowest BCUT2D eigenvalue weighted by Crippen LogP contribution is -2.52. The molecule has 3 amide bonds. The Labute approximate surface area is 156 Å². The topological polar surface area (TPSA) is 73.0 Å². The van der Waals surface area contributed by atoms with Gasteiger partial charge in [-0.3, -0.25) is 19.3 Å². The number of nitrogens with zero attached hydrogens (tertiary/aromatic N) is 3. The van der Waals surface area contributed by atoms with Gasteiger partial charge in [0, 0.05) is 51.7 Å². The number of likely N-dealkylation sites (tertiary alicyclic amines) is 1. The lowest BCUT2D eigenvalue weighted by molar-refractivity contribution is -0.137. The van der Waals surface area contributed by atoms with Gasteiger partial charge < -0.3 is 15.1 Å². The highest BCUT2D eigenvalue weighted by Gasteiger charge is 2.40. The number of hydrogen-bond acceptors (Lipinski definition) is 4. The molecule has 0 spiro atoms. The Hall–Kier alpha value is -1.63. The third kappa shape index (κ3) is 4.55. The lowest BCUT2D eigenvalue weighted by atomic mass is 10.1. The van der Waals surface area contributed by atoms with Gasteiger partial charge >= 0.3 is 0 Å². The van der Waals surface area contributed by atoms with E-state index in [-0.39, 0.29) is 23.6 Å². The van der Waals surface area contributed by atoms with E-state index >= 15 is 0 Å². The fraction of sp³-hybridized carbons (Fsp3) is 0.842. The average Bonchev–Trinajstić information content (AvgIpc) is 3.29. The number of amides is 3. The molecule has 0 aromatic rings. The summed E-state index contributed by atoms with van der Waals surface area (Å²) in [5, 5.41) is 2.89. The van der Waals surface area contributed by atoms with Gasteiger partial charge in [-0.25, -0.2) is 0 Å². The van der Waals surface area contributed by atoms with Gasteiger partial charge in [0.2, 0.25) is 17.7 Å². The predicted octanol–water partition coefficient (Wildman–Crippen LogP) is 0.448. The smallest absolute Gasteiger partial charge is 0.234 e. The van der Waals surface area contributed by atoms with Crippen LogP contribution in [0.3, 0.4) is 0 Å². The van der Waals surface area contributed by atoms with Crippen LogP contribution in [0.5, 0.6) is 0 Å². The Morgan fingerprint density at radius 2 is 1.81 bits per heavy atom. The van der Waals surface area contributed by atoms with Crippen LogP contribution >= 0.6 is 0 Å². The third-order valence-corrected chi connectivity index (χ3v) is 5.90. The van der Waals surface area contributed by atoms with E-state index < -0.39 is 0 Å². The summed E-state index contributed by atoms with van der Waals surface area (Å²) in [5.41, 5.74) is 0. The molecular formula is C19H32N4O3. The van der Waals surface area contributed by atoms with Crippen LogP contribution in [0.4, 0.5) is 0 Å². The summed E-state index contributed by atoms with van der Waals surface area (Å²) >= 11 is 0. The summed E-state index contributed by atoms with van der Waals surface area (Å²) in [4.78, 5) is 42.9. The van der Waals surface area contributed by atoms with Crippen LogP contribution in [-0.2, 0) is 14.4 Å². The molecule has 0 bridgehead atoms. The summed E-state index contributed by atoms with van der Waals surface area (Å²) in [6, 6.07) is 0.360. The number of hydrogen-bond donors (Lipinski definition) is 1. The van der Waals surface area contributed by atoms with Crippen LogP contribution in [0.2, 0.25) is 0 Å². The highest BCUT2D eigenvalue weighted by molar-refractivity contribution is 5.89. The second-order valence-corrected chi connectivity index (χ2v) is 7.84. The van der Waals surface area contributed by atoms with Crippen LogP contribution in [0.1, 0.15) is 45.4 Å². The van der Waals surface area contributed by atoms with Gasteiger partial charge in [0.1, 0.15) is 0 Å². The normalized spacial score (nSPS) is 25.1. The lowest BCUT2D eigenvalue weighted by Gasteiger charge is -2.35. The zero-order chi connectivity index (χ0) is 18.5. The van der Waals surface area contributed by atoms with Crippen molar-refractivity contribution in [2.24, 2.45) is 5.92 Å². The first-order valence-corrected chi connectivity index (χ1v) is 10.2. The van der Waals surface area contributed by atoms with Crippen molar-refractivity contribution in [3.63, 3.8) is 0 Å². The zero-order valence-electron chi connectivity index (χ0n) is 15.9. The van der Waals surface area contributed by atoms with E-state index in [2.05, 4.69) is 10.2 Å². The minimum Gasteiger partial charge on any atom is -0.355 e. The summed E-state index contributed by atoms with van der Waals surface area (Å²) < 4.78 is 0. The van der Waals surface area contributed by atoms with Crippen molar-refractivity contribution in [3.05, 3.63) is 0 Å². The first-order chi connectivity index (χ1) is 12.6. The minimum absolute atomic E-state index is 0.0558. The number of carbonyl (C=O) groups excluding carboxylic acids is 3. The average molecular weight is 364 g/mol. The molecule has 3 aliphatic rings.